The zero-order chi connectivity index (χ0) is 17.9. The van der Waals surface area contributed by atoms with Crippen molar-refractivity contribution < 1.29 is 23.1 Å². The van der Waals surface area contributed by atoms with Crippen molar-refractivity contribution in [2.45, 2.75) is 26.4 Å². The van der Waals surface area contributed by atoms with Crippen LogP contribution in [0.1, 0.15) is 31.1 Å². The number of ketones is 1. The number of ether oxygens (including phenoxy) is 1. The van der Waals surface area contributed by atoms with Gasteiger partial charge in [0.15, 0.2) is 5.78 Å². The Morgan fingerprint density at radius 2 is 1.58 bits per heavy atom. The molecule has 0 aromatic heterocycles. The fourth-order valence-electron chi connectivity index (χ4n) is 2.42. The lowest BCUT2D eigenvalue weighted by Gasteiger charge is -2.35. The Morgan fingerprint density at radius 3 is 2.08 bits per heavy atom. The summed E-state index contributed by atoms with van der Waals surface area (Å²) >= 11 is 0. The van der Waals surface area contributed by atoms with E-state index in [1.807, 2.05) is 4.90 Å². The van der Waals surface area contributed by atoms with Crippen molar-refractivity contribution in [1.82, 2.24) is 9.80 Å². The molecule has 2 rings (SSSR count). The van der Waals surface area contributed by atoms with E-state index in [0.717, 1.165) is 18.2 Å². The third kappa shape index (κ3) is 5.26. The summed E-state index contributed by atoms with van der Waals surface area (Å²) in [5, 5.41) is 0. The normalized spacial score (nSPS) is 16.1. The number of Topliss-reactive ketones (excluding diaryl/α,β-unsaturated/α-hetero) is 1. The van der Waals surface area contributed by atoms with Crippen LogP contribution in [0.4, 0.5) is 13.6 Å². The van der Waals surface area contributed by atoms with E-state index >= 15 is 0 Å². The summed E-state index contributed by atoms with van der Waals surface area (Å²) in [4.78, 5) is 27.6. The number of carbonyl (C=O) groups excluding carboxylic acids is 2. The minimum absolute atomic E-state index is 0.0158. The van der Waals surface area contributed by atoms with Gasteiger partial charge in [0.05, 0.1) is 6.54 Å². The summed E-state index contributed by atoms with van der Waals surface area (Å²) in [5.74, 6) is -1.89. The maximum absolute atomic E-state index is 13.2. The van der Waals surface area contributed by atoms with Crippen LogP contribution in [0.3, 0.4) is 0 Å². The topological polar surface area (TPSA) is 49.9 Å². The first-order chi connectivity index (χ1) is 11.1. The van der Waals surface area contributed by atoms with Gasteiger partial charge >= 0.3 is 6.09 Å². The predicted molar refractivity (Wildman–Crippen MR) is 84.9 cm³/mol. The van der Waals surface area contributed by atoms with Crippen molar-refractivity contribution in [2.75, 3.05) is 32.7 Å². The number of hydrogen-bond donors (Lipinski definition) is 0. The molecule has 0 aliphatic carbocycles. The van der Waals surface area contributed by atoms with Gasteiger partial charge in [-0.15, -0.1) is 0 Å². The van der Waals surface area contributed by atoms with E-state index in [9.17, 15) is 18.4 Å². The molecule has 1 aromatic carbocycles. The first kappa shape index (κ1) is 18.3. The van der Waals surface area contributed by atoms with E-state index in [4.69, 9.17) is 4.74 Å². The van der Waals surface area contributed by atoms with E-state index < -0.39 is 17.2 Å². The van der Waals surface area contributed by atoms with E-state index in [-0.39, 0.29) is 24.0 Å². The molecule has 1 fully saturated rings. The Balaban J connectivity index is 1.86. The molecule has 1 saturated heterocycles. The van der Waals surface area contributed by atoms with Crippen molar-refractivity contribution in [3.05, 3.63) is 35.4 Å². The van der Waals surface area contributed by atoms with Crippen molar-refractivity contribution in [1.29, 1.82) is 0 Å². The third-order valence-electron chi connectivity index (χ3n) is 3.58. The van der Waals surface area contributed by atoms with E-state index in [2.05, 4.69) is 0 Å². The summed E-state index contributed by atoms with van der Waals surface area (Å²) in [5.41, 5.74) is -0.534. The molecule has 0 atom stereocenters. The molecule has 0 bridgehead atoms. The van der Waals surface area contributed by atoms with Crippen LogP contribution in [0, 0.1) is 11.6 Å². The van der Waals surface area contributed by atoms with Gasteiger partial charge in [0.25, 0.3) is 0 Å². The van der Waals surface area contributed by atoms with Crippen LogP contribution in [-0.4, -0.2) is 60.0 Å². The predicted octanol–water partition coefficient (Wildman–Crippen LogP) is 2.70. The molecule has 0 unspecified atom stereocenters. The van der Waals surface area contributed by atoms with Crippen LogP contribution in [0.5, 0.6) is 0 Å². The van der Waals surface area contributed by atoms with Crippen molar-refractivity contribution >= 4 is 11.9 Å². The highest BCUT2D eigenvalue weighted by atomic mass is 19.1. The molecule has 5 nitrogen and oxygen atoms in total. The molecule has 1 aromatic rings. The van der Waals surface area contributed by atoms with Gasteiger partial charge in [-0.1, -0.05) is 0 Å². The number of nitrogens with zero attached hydrogens (tertiary/aromatic N) is 2. The highest BCUT2D eigenvalue weighted by Gasteiger charge is 2.26. The zero-order valence-electron chi connectivity index (χ0n) is 14.1. The Labute approximate surface area is 140 Å². The molecule has 0 spiro atoms. The molecule has 1 aliphatic rings. The second-order valence-corrected chi connectivity index (χ2v) is 6.82. The molecule has 1 heterocycles. The van der Waals surface area contributed by atoms with Gasteiger partial charge < -0.3 is 9.64 Å². The second kappa shape index (κ2) is 7.25. The second-order valence-electron chi connectivity index (χ2n) is 6.82. The first-order valence-corrected chi connectivity index (χ1v) is 7.83. The molecule has 0 radical (unpaired) electrons. The Bertz CT molecular complexity index is 601. The monoisotopic (exact) mass is 340 g/mol. The number of piperazine rings is 1. The minimum Gasteiger partial charge on any atom is -0.444 e. The molecule has 1 amide bonds. The van der Waals surface area contributed by atoms with Crippen LogP contribution in [0.2, 0.25) is 0 Å². The Kier molecular flexibility index (Phi) is 5.54. The van der Waals surface area contributed by atoms with E-state index in [1.54, 1.807) is 25.7 Å². The number of amides is 1. The number of rotatable bonds is 3. The first-order valence-electron chi connectivity index (χ1n) is 7.83. The summed E-state index contributed by atoms with van der Waals surface area (Å²) in [6.07, 6.45) is -0.374. The number of carbonyl (C=O) groups is 2. The SMILES string of the molecule is CC(C)(C)OC(=O)N1CCN(CC(=O)c2cc(F)cc(F)c2)CC1. The molecule has 7 heteroatoms. The van der Waals surface area contributed by atoms with Crippen LogP contribution in [0.25, 0.3) is 0 Å². The van der Waals surface area contributed by atoms with Gasteiger partial charge in [-0.05, 0) is 32.9 Å². The maximum Gasteiger partial charge on any atom is 0.410 e. The minimum atomic E-state index is -0.770. The molecule has 0 N–H and O–H groups in total. The summed E-state index contributed by atoms with van der Waals surface area (Å²) in [6, 6.07) is 2.79. The van der Waals surface area contributed by atoms with Gasteiger partial charge in [-0.3, -0.25) is 9.69 Å². The van der Waals surface area contributed by atoms with Gasteiger partial charge in [0.2, 0.25) is 0 Å². The Morgan fingerprint density at radius 1 is 1.04 bits per heavy atom. The maximum atomic E-state index is 13.2. The molecule has 132 valence electrons. The summed E-state index contributed by atoms with van der Waals surface area (Å²) in [6.45, 7) is 7.36. The van der Waals surface area contributed by atoms with Crippen LogP contribution in [0.15, 0.2) is 18.2 Å². The Hall–Kier alpha value is -2.02. The molecular weight excluding hydrogens is 318 g/mol. The van der Waals surface area contributed by atoms with Crippen molar-refractivity contribution in [3.63, 3.8) is 0 Å². The molecular formula is C17H22F2N2O3. The molecule has 24 heavy (non-hydrogen) atoms. The van der Waals surface area contributed by atoms with Crippen LogP contribution >= 0.6 is 0 Å². The lowest BCUT2D eigenvalue weighted by atomic mass is 10.1. The fraction of sp³-hybridized carbons (Fsp3) is 0.529. The van der Waals surface area contributed by atoms with Gasteiger partial charge in [0.1, 0.15) is 17.2 Å². The smallest absolute Gasteiger partial charge is 0.410 e. The number of hydrogen-bond acceptors (Lipinski definition) is 4. The summed E-state index contributed by atoms with van der Waals surface area (Å²) < 4.78 is 31.7. The van der Waals surface area contributed by atoms with Gasteiger partial charge in [-0.25, -0.2) is 13.6 Å². The quantitative estimate of drug-likeness (QED) is 0.794. The van der Waals surface area contributed by atoms with Gasteiger partial charge in [-0.2, -0.15) is 0 Å². The zero-order valence-corrected chi connectivity index (χ0v) is 14.1. The van der Waals surface area contributed by atoms with E-state index in [1.165, 1.54) is 0 Å². The average Bonchev–Trinajstić information content (AvgIpc) is 2.45. The van der Waals surface area contributed by atoms with Crippen molar-refractivity contribution in [2.24, 2.45) is 0 Å². The van der Waals surface area contributed by atoms with E-state index in [0.29, 0.717) is 26.2 Å². The number of halogens is 2. The molecule has 0 saturated carbocycles. The number of benzene rings is 1. The average molecular weight is 340 g/mol. The van der Waals surface area contributed by atoms with Gasteiger partial charge in [0, 0.05) is 37.8 Å². The van der Waals surface area contributed by atoms with Crippen molar-refractivity contribution in [3.8, 4) is 0 Å². The van der Waals surface area contributed by atoms with Crippen LogP contribution < -0.4 is 0 Å². The standard InChI is InChI=1S/C17H22F2N2O3/c1-17(2,3)24-16(23)21-6-4-20(5-7-21)11-15(22)12-8-13(18)10-14(19)9-12/h8-10H,4-7,11H2,1-3H3. The lowest BCUT2D eigenvalue weighted by Crippen LogP contribution is -2.51. The highest BCUT2D eigenvalue weighted by Crippen LogP contribution is 2.13. The largest absolute Gasteiger partial charge is 0.444 e. The lowest BCUT2D eigenvalue weighted by molar-refractivity contribution is 0.0149. The molecule has 1 aliphatic heterocycles. The highest BCUT2D eigenvalue weighted by molar-refractivity contribution is 5.97. The fourth-order valence-corrected chi connectivity index (χ4v) is 2.42. The van der Waals surface area contributed by atoms with Crippen LogP contribution in [-0.2, 0) is 4.74 Å². The third-order valence-corrected chi connectivity index (χ3v) is 3.58. The summed E-state index contributed by atoms with van der Waals surface area (Å²) in [7, 11) is 0.